The molecule has 0 amide bonds. The maximum atomic E-state index is 10.5. The topological polar surface area (TPSA) is 55.8 Å². The van der Waals surface area contributed by atoms with Crippen LogP contribution in [0, 0.1) is 5.92 Å². The molecular weight excluding hydrogens is 268 g/mol. The van der Waals surface area contributed by atoms with E-state index in [4.69, 9.17) is 14.6 Å². The molecule has 0 bridgehead atoms. The van der Waals surface area contributed by atoms with E-state index in [1.807, 2.05) is 12.1 Å². The maximum absolute atomic E-state index is 10.5. The summed E-state index contributed by atoms with van der Waals surface area (Å²) in [6.45, 7) is 2.28. The van der Waals surface area contributed by atoms with Gasteiger partial charge in [-0.3, -0.25) is 0 Å². The van der Waals surface area contributed by atoms with Crippen molar-refractivity contribution < 1.29 is 19.4 Å². The molecule has 0 heterocycles. The van der Waals surface area contributed by atoms with Gasteiger partial charge in [-0.25, -0.2) is 4.79 Å². The van der Waals surface area contributed by atoms with Crippen LogP contribution in [0.5, 0.6) is 11.5 Å². The van der Waals surface area contributed by atoms with E-state index >= 15 is 0 Å². The Morgan fingerprint density at radius 1 is 1.24 bits per heavy atom. The lowest BCUT2D eigenvalue weighted by Crippen LogP contribution is -2.23. The molecule has 0 unspecified atom stereocenters. The van der Waals surface area contributed by atoms with Gasteiger partial charge in [0.15, 0.2) is 11.5 Å². The second-order valence-electron chi connectivity index (χ2n) is 5.58. The molecule has 1 fully saturated rings. The van der Waals surface area contributed by atoms with Gasteiger partial charge in [-0.15, -0.1) is 0 Å². The van der Waals surface area contributed by atoms with Gasteiger partial charge in [0, 0.05) is 6.08 Å². The first-order chi connectivity index (χ1) is 10.1. The van der Waals surface area contributed by atoms with Crippen molar-refractivity contribution in [2.24, 2.45) is 5.92 Å². The van der Waals surface area contributed by atoms with Gasteiger partial charge in [-0.1, -0.05) is 13.0 Å². The molecule has 0 aromatic heterocycles. The van der Waals surface area contributed by atoms with Crippen molar-refractivity contribution in [1.29, 1.82) is 0 Å². The van der Waals surface area contributed by atoms with Gasteiger partial charge in [-0.05, 0) is 55.4 Å². The van der Waals surface area contributed by atoms with Crippen molar-refractivity contribution in [3.63, 3.8) is 0 Å². The van der Waals surface area contributed by atoms with Crippen LogP contribution in [0.4, 0.5) is 0 Å². The maximum Gasteiger partial charge on any atom is 0.328 e. The third kappa shape index (κ3) is 4.52. The van der Waals surface area contributed by atoms with Crippen LogP contribution in [0.2, 0.25) is 0 Å². The largest absolute Gasteiger partial charge is 0.493 e. The standard InChI is InChI=1S/C17H22O4/c1-12-3-7-14(8-4-12)21-15-9-5-13(6-10-17(18)19)11-16(15)20-2/h5-6,9-12,14H,3-4,7-8H2,1-2H3,(H,18,19). The Bertz CT molecular complexity index is 514. The summed E-state index contributed by atoms with van der Waals surface area (Å²) in [6, 6.07) is 5.47. The van der Waals surface area contributed by atoms with E-state index in [2.05, 4.69) is 6.92 Å². The Hall–Kier alpha value is -1.97. The molecule has 1 saturated carbocycles. The molecule has 1 aliphatic carbocycles. The number of rotatable bonds is 5. The monoisotopic (exact) mass is 290 g/mol. The van der Waals surface area contributed by atoms with E-state index < -0.39 is 5.97 Å². The summed E-state index contributed by atoms with van der Waals surface area (Å²) in [5.74, 6) is 1.19. The zero-order chi connectivity index (χ0) is 15.2. The minimum Gasteiger partial charge on any atom is -0.493 e. The zero-order valence-corrected chi connectivity index (χ0v) is 12.5. The predicted octanol–water partition coefficient (Wildman–Crippen LogP) is 3.75. The smallest absolute Gasteiger partial charge is 0.328 e. The quantitative estimate of drug-likeness (QED) is 0.839. The number of ether oxygens (including phenoxy) is 2. The van der Waals surface area contributed by atoms with Crippen LogP contribution in [-0.4, -0.2) is 24.3 Å². The molecule has 21 heavy (non-hydrogen) atoms. The molecule has 0 atom stereocenters. The molecule has 0 spiro atoms. The van der Waals surface area contributed by atoms with Crippen molar-refractivity contribution >= 4 is 12.0 Å². The second kappa shape index (κ2) is 7.16. The highest BCUT2D eigenvalue weighted by molar-refractivity contribution is 5.85. The molecule has 2 rings (SSSR count). The first-order valence-corrected chi connectivity index (χ1v) is 7.34. The van der Waals surface area contributed by atoms with Crippen molar-refractivity contribution in [2.45, 2.75) is 38.7 Å². The molecule has 1 aromatic rings. The Morgan fingerprint density at radius 3 is 2.57 bits per heavy atom. The average molecular weight is 290 g/mol. The van der Waals surface area contributed by atoms with Gasteiger partial charge in [0.25, 0.3) is 0 Å². The average Bonchev–Trinajstić information content (AvgIpc) is 2.48. The van der Waals surface area contributed by atoms with Gasteiger partial charge < -0.3 is 14.6 Å². The lowest BCUT2D eigenvalue weighted by atomic mass is 9.89. The third-order valence-corrected chi connectivity index (χ3v) is 3.86. The van der Waals surface area contributed by atoms with Crippen molar-refractivity contribution in [3.05, 3.63) is 29.8 Å². The van der Waals surface area contributed by atoms with Crippen LogP contribution < -0.4 is 9.47 Å². The first kappa shape index (κ1) is 15.4. The highest BCUT2D eigenvalue weighted by Gasteiger charge is 2.20. The fraction of sp³-hybridized carbons (Fsp3) is 0.471. The fourth-order valence-corrected chi connectivity index (χ4v) is 2.58. The van der Waals surface area contributed by atoms with Crippen molar-refractivity contribution in [3.8, 4) is 11.5 Å². The van der Waals surface area contributed by atoms with Crippen LogP contribution >= 0.6 is 0 Å². The summed E-state index contributed by atoms with van der Waals surface area (Å²) < 4.78 is 11.4. The fourth-order valence-electron chi connectivity index (χ4n) is 2.58. The lowest BCUT2D eigenvalue weighted by Gasteiger charge is -2.27. The molecular formula is C17H22O4. The van der Waals surface area contributed by atoms with Crippen molar-refractivity contribution in [2.75, 3.05) is 7.11 Å². The Labute approximate surface area is 125 Å². The lowest BCUT2D eigenvalue weighted by molar-refractivity contribution is -0.131. The third-order valence-electron chi connectivity index (χ3n) is 3.86. The number of hydrogen-bond acceptors (Lipinski definition) is 3. The van der Waals surface area contributed by atoms with Crippen LogP contribution in [-0.2, 0) is 4.79 Å². The SMILES string of the molecule is COc1cc(C=CC(=O)O)ccc1OC1CCC(C)CC1. The highest BCUT2D eigenvalue weighted by Crippen LogP contribution is 2.33. The Balaban J connectivity index is 2.07. The molecule has 4 nitrogen and oxygen atoms in total. The Morgan fingerprint density at radius 2 is 1.95 bits per heavy atom. The molecule has 0 aliphatic heterocycles. The van der Waals surface area contributed by atoms with Gasteiger partial charge in [0.05, 0.1) is 13.2 Å². The van der Waals surface area contributed by atoms with E-state index in [0.717, 1.165) is 36.1 Å². The van der Waals surface area contributed by atoms with E-state index in [9.17, 15) is 4.79 Å². The zero-order valence-electron chi connectivity index (χ0n) is 12.5. The predicted molar refractivity (Wildman–Crippen MR) is 81.7 cm³/mol. The minimum absolute atomic E-state index is 0.246. The summed E-state index contributed by atoms with van der Waals surface area (Å²) in [6.07, 6.45) is 7.44. The van der Waals surface area contributed by atoms with Crippen LogP contribution in [0.1, 0.15) is 38.2 Å². The summed E-state index contributed by atoms with van der Waals surface area (Å²) in [7, 11) is 1.59. The highest BCUT2D eigenvalue weighted by atomic mass is 16.5. The van der Waals surface area contributed by atoms with E-state index in [-0.39, 0.29) is 6.10 Å². The van der Waals surface area contributed by atoms with Gasteiger partial charge in [0.1, 0.15) is 0 Å². The van der Waals surface area contributed by atoms with Gasteiger partial charge in [-0.2, -0.15) is 0 Å². The van der Waals surface area contributed by atoms with E-state index in [1.165, 1.54) is 18.9 Å². The summed E-state index contributed by atoms with van der Waals surface area (Å²) in [4.78, 5) is 10.5. The minimum atomic E-state index is -0.967. The molecule has 114 valence electrons. The van der Waals surface area contributed by atoms with Crippen LogP contribution in [0.15, 0.2) is 24.3 Å². The number of benzene rings is 1. The van der Waals surface area contributed by atoms with Gasteiger partial charge in [0.2, 0.25) is 0 Å². The molecule has 1 N–H and O–H groups in total. The number of carboxylic acid groups (broad SMARTS) is 1. The summed E-state index contributed by atoms with van der Waals surface area (Å²) >= 11 is 0. The number of hydrogen-bond donors (Lipinski definition) is 1. The van der Waals surface area contributed by atoms with Crippen LogP contribution in [0.25, 0.3) is 6.08 Å². The summed E-state index contributed by atoms with van der Waals surface area (Å²) in [5.41, 5.74) is 0.777. The Kier molecular flexibility index (Phi) is 5.26. The normalized spacial score (nSPS) is 22.2. The molecule has 1 aromatic carbocycles. The van der Waals surface area contributed by atoms with Gasteiger partial charge >= 0.3 is 5.97 Å². The number of aliphatic carboxylic acids is 1. The number of methoxy groups -OCH3 is 1. The second-order valence-corrected chi connectivity index (χ2v) is 5.58. The molecule has 1 aliphatic rings. The first-order valence-electron chi connectivity index (χ1n) is 7.34. The number of carbonyl (C=O) groups is 1. The summed E-state index contributed by atoms with van der Waals surface area (Å²) in [5, 5.41) is 8.65. The van der Waals surface area contributed by atoms with E-state index in [1.54, 1.807) is 13.2 Å². The van der Waals surface area contributed by atoms with E-state index in [0.29, 0.717) is 5.75 Å². The van der Waals surface area contributed by atoms with Crippen molar-refractivity contribution in [1.82, 2.24) is 0 Å². The molecule has 0 saturated heterocycles. The molecule has 4 heteroatoms. The molecule has 0 radical (unpaired) electrons. The van der Waals surface area contributed by atoms with Crippen LogP contribution in [0.3, 0.4) is 0 Å². The number of carboxylic acids is 1.